The number of carbonyl (C=O) groups excluding carboxylic acids is 2. The van der Waals surface area contributed by atoms with Gasteiger partial charge in [-0.2, -0.15) is 5.10 Å². The highest BCUT2D eigenvalue weighted by atomic mass is 16.2. The van der Waals surface area contributed by atoms with Crippen molar-refractivity contribution in [2.24, 2.45) is 18.4 Å². The molecule has 1 unspecified atom stereocenters. The van der Waals surface area contributed by atoms with Gasteiger partial charge in [0, 0.05) is 19.7 Å². The van der Waals surface area contributed by atoms with Crippen LogP contribution in [0.3, 0.4) is 0 Å². The van der Waals surface area contributed by atoms with E-state index in [1.807, 2.05) is 0 Å². The second-order valence-corrected chi connectivity index (χ2v) is 5.63. The lowest BCUT2D eigenvalue weighted by Gasteiger charge is -2.33. The summed E-state index contributed by atoms with van der Waals surface area (Å²) < 4.78 is 1.59. The Morgan fingerprint density at radius 2 is 2.24 bits per heavy atom. The summed E-state index contributed by atoms with van der Waals surface area (Å²) in [6, 6.07) is 1.68. The average Bonchev–Trinajstić information content (AvgIpc) is 2.68. The Morgan fingerprint density at radius 1 is 1.53 bits per heavy atom. The SMILES string of the molecule is Cn1ccc(C(=O)C2CC(C)(C)CCC2=O)n1. The third-order valence-electron chi connectivity index (χ3n) is 3.48. The Balaban J connectivity index is 2.21. The van der Waals surface area contributed by atoms with E-state index in [4.69, 9.17) is 0 Å². The first kappa shape index (κ1) is 12.0. The molecule has 0 amide bonds. The van der Waals surface area contributed by atoms with Crippen LogP contribution in [0.1, 0.15) is 43.6 Å². The molecule has 0 aliphatic heterocycles. The number of ketones is 2. The summed E-state index contributed by atoms with van der Waals surface area (Å²) in [5.41, 5.74) is 0.479. The van der Waals surface area contributed by atoms with E-state index in [1.165, 1.54) is 0 Å². The van der Waals surface area contributed by atoms with Gasteiger partial charge < -0.3 is 0 Å². The van der Waals surface area contributed by atoms with Crippen LogP contribution < -0.4 is 0 Å². The van der Waals surface area contributed by atoms with E-state index in [9.17, 15) is 9.59 Å². The van der Waals surface area contributed by atoms with Crippen molar-refractivity contribution >= 4 is 11.6 Å². The van der Waals surface area contributed by atoms with Crippen LogP contribution in [0.5, 0.6) is 0 Å². The Bertz CT molecular complexity index is 460. The maximum atomic E-state index is 12.2. The quantitative estimate of drug-likeness (QED) is 0.581. The molecule has 1 aliphatic rings. The predicted octanol–water partition coefficient (Wildman–Crippen LogP) is 2.00. The van der Waals surface area contributed by atoms with E-state index < -0.39 is 5.92 Å². The van der Waals surface area contributed by atoms with E-state index in [-0.39, 0.29) is 17.0 Å². The third-order valence-corrected chi connectivity index (χ3v) is 3.48. The van der Waals surface area contributed by atoms with E-state index in [1.54, 1.807) is 24.0 Å². The number of aryl methyl sites for hydroxylation is 1. The minimum Gasteiger partial charge on any atom is -0.299 e. The first-order chi connectivity index (χ1) is 7.89. The van der Waals surface area contributed by atoms with Crippen LogP contribution in [0.25, 0.3) is 0 Å². The predicted molar refractivity (Wildman–Crippen MR) is 63.7 cm³/mol. The molecule has 0 aromatic carbocycles. The van der Waals surface area contributed by atoms with Crippen molar-refractivity contribution in [1.82, 2.24) is 9.78 Å². The Kier molecular flexibility index (Phi) is 2.89. The summed E-state index contributed by atoms with van der Waals surface area (Å²) in [6.07, 6.45) is 3.75. The summed E-state index contributed by atoms with van der Waals surface area (Å²) in [5, 5.41) is 4.08. The molecular weight excluding hydrogens is 216 g/mol. The van der Waals surface area contributed by atoms with Crippen LogP contribution in [-0.2, 0) is 11.8 Å². The van der Waals surface area contributed by atoms with Gasteiger partial charge >= 0.3 is 0 Å². The Morgan fingerprint density at radius 3 is 2.82 bits per heavy atom. The molecule has 1 aromatic heterocycles. The number of carbonyl (C=O) groups is 2. The highest BCUT2D eigenvalue weighted by Crippen LogP contribution is 2.37. The monoisotopic (exact) mass is 234 g/mol. The van der Waals surface area contributed by atoms with Gasteiger partial charge in [-0.1, -0.05) is 13.8 Å². The van der Waals surface area contributed by atoms with E-state index >= 15 is 0 Å². The van der Waals surface area contributed by atoms with Crippen molar-refractivity contribution < 1.29 is 9.59 Å². The Labute approximate surface area is 101 Å². The fraction of sp³-hybridized carbons (Fsp3) is 0.615. The molecule has 0 radical (unpaired) electrons. The van der Waals surface area contributed by atoms with Crippen LogP contribution in [0.2, 0.25) is 0 Å². The normalized spacial score (nSPS) is 23.7. The van der Waals surface area contributed by atoms with Crippen LogP contribution in [0.4, 0.5) is 0 Å². The first-order valence-electron chi connectivity index (χ1n) is 5.96. The van der Waals surface area contributed by atoms with Crippen molar-refractivity contribution in [3.8, 4) is 0 Å². The molecule has 0 saturated heterocycles. The molecular formula is C13H18N2O2. The molecule has 0 N–H and O–H groups in total. The van der Waals surface area contributed by atoms with Crippen molar-refractivity contribution in [1.29, 1.82) is 0 Å². The molecule has 4 nitrogen and oxygen atoms in total. The van der Waals surface area contributed by atoms with Crippen molar-refractivity contribution in [3.05, 3.63) is 18.0 Å². The van der Waals surface area contributed by atoms with Gasteiger partial charge in [0.25, 0.3) is 0 Å². The Hall–Kier alpha value is -1.45. The summed E-state index contributed by atoms with van der Waals surface area (Å²) >= 11 is 0. The molecule has 1 fully saturated rings. The van der Waals surface area contributed by atoms with Gasteiger partial charge in [0.15, 0.2) is 5.78 Å². The molecule has 1 aliphatic carbocycles. The van der Waals surface area contributed by atoms with E-state index in [0.717, 1.165) is 6.42 Å². The van der Waals surface area contributed by atoms with Crippen molar-refractivity contribution in [2.75, 3.05) is 0 Å². The fourth-order valence-corrected chi connectivity index (χ4v) is 2.37. The molecule has 92 valence electrons. The summed E-state index contributed by atoms with van der Waals surface area (Å²) in [7, 11) is 1.77. The molecule has 2 rings (SSSR count). The number of hydrogen-bond donors (Lipinski definition) is 0. The summed E-state index contributed by atoms with van der Waals surface area (Å²) in [6.45, 7) is 4.22. The number of rotatable bonds is 2. The summed E-state index contributed by atoms with van der Waals surface area (Å²) in [4.78, 5) is 24.1. The lowest BCUT2D eigenvalue weighted by molar-refractivity contribution is -0.125. The number of hydrogen-bond acceptors (Lipinski definition) is 3. The van der Waals surface area contributed by atoms with Gasteiger partial charge in [-0.3, -0.25) is 14.3 Å². The second-order valence-electron chi connectivity index (χ2n) is 5.63. The largest absolute Gasteiger partial charge is 0.299 e. The van der Waals surface area contributed by atoms with Gasteiger partial charge in [0.2, 0.25) is 0 Å². The minimum atomic E-state index is -0.492. The average molecular weight is 234 g/mol. The smallest absolute Gasteiger partial charge is 0.193 e. The van der Waals surface area contributed by atoms with Crippen LogP contribution in [0, 0.1) is 11.3 Å². The second kappa shape index (κ2) is 4.09. The topological polar surface area (TPSA) is 52.0 Å². The highest BCUT2D eigenvalue weighted by Gasteiger charge is 2.38. The number of aromatic nitrogens is 2. The van der Waals surface area contributed by atoms with Crippen LogP contribution in [0.15, 0.2) is 12.3 Å². The molecule has 1 aromatic rings. The zero-order chi connectivity index (χ0) is 12.6. The molecule has 0 bridgehead atoms. The highest BCUT2D eigenvalue weighted by molar-refractivity contribution is 6.10. The molecule has 1 heterocycles. The maximum absolute atomic E-state index is 12.2. The van der Waals surface area contributed by atoms with Gasteiger partial charge in [0.05, 0.1) is 5.92 Å². The summed E-state index contributed by atoms with van der Waals surface area (Å²) in [5.74, 6) is -0.544. The standard InChI is InChI=1S/C13H18N2O2/c1-13(2)6-4-11(16)9(8-13)12(17)10-5-7-15(3)14-10/h5,7,9H,4,6,8H2,1-3H3. The zero-order valence-electron chi connectivity index (χ0n) is 10.6. The third kappa shape index (κ3) is 2.46. The fourth-order valence-electron chi connectivity index (χ4n) is 2.37. The minimum absolute atomic E-state index is 0.0694. The van der Waals surface area contributed by atoms with Gasteiger partial charge in [0.1, 0.15) is 11.5 Å². The van der Waals surface area contributed by atoms with Crippen LogP contribution in [-0.4, -0.2) is 21.3 Å². The lowest BCUT2D eigenvalue weighted by Crippen LogP contribution is -2.35. The van der Waals surface area contributed by atoms with Gasteiger partial charge in [-0.25, -0.2) is 0 Å². The molecule has 17 heavy (non-hydrogen) atoms. The van der Waals surface area contributed by atoms with Crippen molar-refractivity contribution in [2.45, 2.75) is 33.1 Å². The molecule has 1 atom stereocenters. The lowest BCUT2D eigenvalue weighted by atomic mass is 9.70. The van der Waals surface area contributed by atoms with Gasteiger partial charge in [-0.05, 0) is 24.3 Å². The van der Waals surface area contributed by atoms with E-state index in [2.05, 4.69) is 18.9 Å². The van der Waals surface area contributed by atoms with Crippen molar-refractivity contribution in [3.63, 3.8) is 0 Å². The van der Waals surface area contributed by atoms with Gasteiger partial charge in [-0.15, -0.1) is 0 Å². The zero-order valence-corrected chi connectivity index (χ0v) is 10.6. The number of nitrogens with zero attached hydrogens (tertiary/aromatic N) is 2. The van der Waals surface area contributed by atoms with Crippen LogP contribution >= 0.6 is 0 Å². The molecule has 0 spiro atoms. The first-order valence-corrected chi connectivity index (χ1v) is 5.96. The van der Waals surface area contributed by atoms with E-state index in [0.29, 0.717) is 18.5 Å². The molecule has 1 saturated carbocycles. The maximum Gasteiger partial charge on any atom is 0.193 e. The number of Topliss-reactive ketones (excluding diaryl/α,β-unsaturated/α-hetero) is 2. The molecule has 4 heteroatoms.